The molecule has 0 spiro atoms. The average molecular weight is 233 g/mol. The molecular formula is C8H15N3O3S. The highest BCUT2D eigenvalue weighted by atomic mass is 32.2. The van der Waals surface area contributed by atoms with Crippen LogP contribution < -0.4 is 10.5 Å². The number of carbonyl (C=O) groups is 1. The summed E-state index contributed by atoms with van der Waals surface area (Å²) in [7, 11) is -3.54. The highest BCUT2D eigenvalue weighted by molar-refractivity contribution is 7.90. The maximum Gasteiger partial charge on any atom is 0.227 e. The van der Waals surface area contributed by atoms with Gasteiger partial charge in [0.15, 0.2) is 5.25 Å². The molecular weight excluding hydrogens is 218 g/mol. The number of hydrogen-bond donors (Lipinski definition) is 2. The van der Waals surface area contributed by atoms with Crippen LogP contribution in [-0.4, -0.2) is 26.1 Å². The van der Waals surface area contributed by atoms with Crippen LogP contribution in [0.4, 0.5) is 0 Å². The lowest BCUT2D eigenvalue weighted by Crippen LogP contribution is -2.32. The number of nitrogens with two attached hydrogens (primary N) is 1. The topological polar surface area (TPSA) is 113 Å². The van der Waals surface area contributed by atoms with Gasteiger partial charge in [-0.1, -0.05) is 0 Å². The van der Waals surface area contributed by atoms with Crippen LogP contribution in [0.15, 0.2) is 0 Å². The molecule has 0 fully saturated rings. The van der Waals surface area contributed by atoms with Gasteiger partial charge in [-0.2, -0.15) is 5.26 Å². The smallest absolute Gasteiger partial charge is 0.227 e. The van der Waals surface area contributed by atoms with Gasteiger partial charge in [0.1, 0.15) is 0 Å². The number of amides is 1. The van der Waals surface area contributed by atoms with E-state index in [9.17, 15) is 13.2 Å². The molecule has 0 bridgehead atoms. The van der Waals surface area contributed by atoms with Gasteiger partial charge in [0.05, 0.1) is 6.07 Å². The first kappa shape index (κ1) is 13.9. The number of unbranched alkanes of at least 4 members (excludes halogenated alkanes) is 1. The Morgan fingerprint density at radius 2 is 2.13 bits per heavy atom. The number of primary amides is 1. The summed E-state index contributed by atoms with van der Waals surface area (Å²) in [6.45, 7) is 1.54. The summed E-state index contributed by atoms with van der Waals surface area (Å²) in [6.07, 6.45) is 1.31. The van der Waals surface area contributed by atoms with Gasteiger partial charge in [0.25, 0.3) is 0 Å². The Kier molecular flexibility index (Phi) is 5.89. The first-order valence-electron chi connectivity index (χ1n) is 4.56. The van der Waals surface area contributed by atoms with Crippen molar-refractivity contribution in [2.45, 2.75) is 31.4 Å². The SMILES string of the molecule is CC(C#N)S(=O)(=O)NCCCCC(N)=O. The summed E-state index contributed by atoms with van der Waals surface area (Å²) in [5.74, 6) is -0.400. The molecule has 15 heavy (non-hydrogen) atoms. The lowest BCUT2D eigenvalue weighted by molar-refractivity contribution is -0.118. The van der Waals surface area contributed by atoms with Crippen LogP contribution in [0.5, 0.6) is 0 Å². The van der Waals surface area contributed by atoms with Crippen molar-refractivity contribution in [1.82, 2.24) is 4.72 Å². The van der Waals surface area contributed by atoms with E-state index in [2.05, 4.69) is 4.72 Å². The van der Waals surface area contributed by atoms with Gasteiger partial charge in [0.2, 0.25) is 15.9 Å². The fourth-order valence-corrected chi connectivity index (χ4v) is 1.65. The minimum absolute atomic E-state index is 0.224. The summed E-state index contributed by atoms with van der Waals surface area (Å²) in [4.78, 5) is 10.4. The lowest BCUT2D eigenvalue weighted by atomic mass is 10.2. The highest BCUT2D eigenvalue weighted by Crippen LogP contribution is 1.98. The molecule has 0 aliphatic heterocycles. The van der Waals surface area contributed by atoms with E-state index in [0.717, 1.165) is 0 Å². The van der Waals surface area contributed by atoms with Crippen LogP contribution in [-0.2, 0) is 14.8 Å². The van der Waals surface area contributed by atoms with Gasteiger partial charge >= 0.3 is 0 Å². The molecule has 3 N–H and O–H groups in total. The van der Waals surface area contributed by atoms with Crippen LogP contribution in [0.2, 0.25) is 0 Å². The van der Waals surface area contributed by atoms with E-state index in [1.165, 1.54) is 6.92 Å². The second kappa shape index (κ2) is 6.37. The van der Waals surface area contributed by atoms with E-state index >= 15 is 0 Å². The van der Waals surface area contributed by atoms with Crippen molar-refractivity contribution < 1.29 is 13.2 Å². The van der Waals surface area contributed by atoms with E-state index < -0.39 is 21.2 Å². The fraction of sp³-hybridized carbons (Fsp3) is 0.750. The molecule has 0 rings (SSSR count). The van der Waals surface area contributed by atoms with Crippen molar-refractivity contribution in [2.24, 2.45) is 5.73 Å². The number of rotatable bonds is 7. The molecule has 0 aromatic rings. The zero-order valence-corrected chi connectivity index (χ0v) is 9.38. The predicted molar refractivity (Wildman–Crippen MR) is 55.0 cm³/mol. The second-order valence-electron chi connectivity index (χ2n) is 3.13. The van der Waals surface area contributed by atoms with E-state index in [0.29, 0.717) is 12.8 Å². The maximum atomic E-state index is 11.2. The Bertz CT molecular complexity index is 345. The Morgan fingerprint density at radius 1 is 1.53 bits per heavy atom. The van der Waals surface area contributed by atoms with Gasteiger partial charge in [-0.05, 0) is 19.8 Å². The van der Waals surface area contributed by atoms with Crippen LogP contribution in [0.3, 0.4) is 0 Å². The zero-order valence-electron chi connectivity index (χ0n) is 8.56. The Labute approximate surface area is 89.5 Å². The molecule has 0 aliphatic carbocycles. The molecule has 1 atom stereocenters. The number of hydrogen-bond acceptors (Lipinski definition) is 4. The molecule has 0 heterocycles. The van der Waals surface area contributed by atoms with Gasteiger partial charge in [0, 0.05) is 13.0 Å². The van der Waals surface area contributed by atoms with E-state index in [1.807, 2.05) is 0 Å². The monoisotopic (exact) mass is 233 g/mol. The average Bonchev–Trinajstić information content (AvgIpc) is 2.15. The summed E-state index contributed by atoms with van der Waals surface area (Å²) < 4.78 is 24.7. The zero-order chi connectivity index (χ0) is 11.9. The Balaban J connectivity index is 3.78. The van der Waals surface area contributed by atoms with Crippen LogP contribution >= 0.6 is 0 Å². The molecule has 0 saturated carbocycles. The molecule has 1 amide bonds. The summed E-state index contributed by atoms with van der Waals surface area (Å²) in [6, 6.07) is 1.64. The number of carbonyl (C=O) groups excluding carboxylic acids is 1. The van der Waals surface area contributed by atoms with E-state index in [1.54, 1.807) is 6.07 Å². The quantitative estimate of drug-likeness (QED) is 0.575. The van der Waals surface area contributed by atoms with Crippen molar-refractivity contribution in [3.05, 3.63) is 0 Å². The predicted octanol–water partition coefficient (Wildman–Crippen LogP) is -0.527. The Morgan fingerprint density at radius 3 is 2.60 bits per heavy atom. The summed E-state index contributed by atoms with van der Waals surface area (Å²) >= 11 is 0. The van der Waals surface area contributed by atoms with Crippen molar-refractivity contribution in [3.8, 4) is 6.07 Å². The molecule has 0 radical (unpaired) electrons. The molecule has 0 aliphatic rings. The summed E-state index contributed by atoms with van der Waals surface area (Å²) in [5, 5.41) is 7.35. The van der Waals surface area contributed by atoms with Gasteiger partial charge in [-0.15, -0.1) is 0 Å². The third-order valence-electron chi connectivity index (χ3n) is 1.80. The maximum absolute atomic E-state index is 11.2. The number of nitrogens with one attached hydrogen (secondary N) is 1. The number of nitriles is 1. The third-order valence-corrected chi connectivity index (χ3v) is 3.44. The van der Waals surface area contributed by atoms with Crippen LogP contribution in [0.1, 0.15) is 26.2 Å². The molecule has 0 aromatic heterocycles. The number of nitrogens with zero attached hydrogens (tertiary/aromatic N) is 1. The van der Waals surface area contributed by atoms with Crippen LogP contribution in [0.25, 0.3) is 0 Å². The molecule has 6 nitrogen and oxygen atoms in total. The van der Waals surface area contributed by atoms with E-state index in [4.69, 9.17) is 11.0 Å². The first-order valence-corrected chi connectivity index (χ1v) is 6.11. The standard InChI is InChI=1S/C8H15N3O3S/c1-7(6-9)15(13,14)11-5-3-2-4-8(10)12/h7,11H,2-5H2,1H3,(H2,10,12). The number of sulfonamides is 1. The molecule has 0 aromatic carbocycles. The summed E-state index contributed by atoms with van der Waals surface area (Å²) in [5.41, 5.74) is 4.91. The van der Waals surface area contributed by atoms with Crippen LogP contribution in [0, 0.1) is 11.3 Å². The largest absolute Gasteiger partial charge is 0.370 e. The molecule has 7 heteroatoms. The fourth-order valence-electron chi connectivity index (χ4n) is 0.833. The van der Waals surface area contributed by atoms with Gasteiger partial charge in [-0.3, -0.25) is 4.79 Å². The van der Waals surface area contributed by atoms with Gasteiger partial charge < -0.3 is 5.73 Å². The van der Waals surface area contributed by atoms with E-state index in [-0.39, 0.29) is 13.0 Å². The molecule has 0 saturated heterocycles. The normalized spacial score (nSPS) is 13.1. The molecule has 86 valence electrons. The second-order valence-corrected chi connectivity index (χ2v) is 5.22. The lowest BCUT2D eigenvalue weighted by Gasteiger charge is -2.06. The van der Waals surface area contributed by atoms with Gasteiger partial charge in [-0.25, -0.2) is 13.1 Å². The highest BCUT2D eigenvalue weighted by Gasteiger charge is 2.18. The third kappa shape index (κ3) is 6.04. The minimum atomic E-state index is -3.54. The van der Waals surface area contributed by atoms with Crippen molar-refractivity contribution in [2.75, 3.05) is 6.54 Å². The first-order chi connectivity index (χ1) is 6.90. The molecule has 1 unspecified atom stereocenters. The van der Waals surface area contributed by atoms with Crippen molar-refractivity contribution >= 4 is 15.9 Å². The van der Waals surface area contributed by atoms with Crippen molar-refractivity contribution in [1.29, 1.82) is 5.26 Å². The van der Waals surface area contributed by atoms with Crippen molar-refractivity contribution in [3.63, 3.8) is 0 Å². The minimum Gasteiger partial charge on any atom is -0.370 e. The Hall–Kier alpha value is -1.13.